The molecule has 102 valence electrons. The Morgan fingerprint density at radius 1 is 1.35 bits per heavy atom. The van der Waals surface area contributed by atoms with Crippen LogP contribution >= 0.6 is 0 Å². The molecule has 0 fully saturated rings. The van der Waals surface area contributed by atoms with E-state index in [1.807, 2.05) is 44.4 Å². The molecule has 0 N–H and O–H groups in total. The second-order valence-electron chi connectivity index (χ2n) is 5.10. The Bertz CT molecular complexity index is 768. The maximum atomic E-state index is 12.2. The van der Waals surface area contributed by atoms with Gasteiger partial charge in [-0.25, -0.2) is 0 Å². The van der Waals surface area contributed by atoms with Gasteiger partial charge in [0.25, 0.3) is 0 Å². The van der Waals surface area contributed by atoms with Crippen LogP contribution in [-0.2, 0) is 13.5 Å². The van der Waals surface area contributed by atoms with Crippen LogP contribution in [0.25, 0.3) is 11.0 Å². The molecule has 3 aromatic rings. The average molecular weight is 268 g/mol. The Labute approximate surface area is 117 Å². The van der Waals surface area contributed by atoms with E-state index in [1.54, 1.807) is 10.9 Å². The molecule has 0 aliphatic rings. The maximum Gasteiger partial charge on any atom is 0.198 e. The second kappa shape index (κ2) is 4.96. The van der Waals surface area contributed by atoms with Crippen LogP contribution in [0.5, 0.6) is 0 Å². The van der Waals surface area contributed by atoms with Crippen LogP contribution in [0.15, 0.2) is 41.1 Å². The largest absolute Gasteiger partial charge is 0.453 e. The van der Waals surface area contributed by atoms with Crippen LogP contribution in [0.1, 0.15) is 28.1 Å². The number of hydrogen-bond donors (Lipinski definition) is 0. The van der Waals surface area contributed by atoms with Crippen molar-refractivity contribution in [3.63, 3.8) is 0 Å². The molecule has 20 heavy (non-hydrogen) atoms. The molecule has 0 aliphatic heterocycles. The third kappa shape index (κ3) is 2.50. The zero-order valence-corrected chi connectivity index (χ0v) is 11.6. The molecule has 0 bridgehead atoms. The molecule has 0 atom stereocenters. The number of fused-ring (bicyclic) bond motifs is 1. The fourth-order valence-electron chi connectivity index (χ4n) is 2.28. The number of aryl methyl sites for hydroxylation is 3. The molecule has 0 aliphatic carbocycles. The molecule has 4 heteroatoms. The topological polar surface area (TPSA) is 48.0 Å². The molecule has 2 aromatic heterocycles. The van der Waals surface area contributed by atoms with Gasteiger partial charge in [-0.2, -0.15) is 5.10 Å². The first-order valence-corrected chi connectivity index (χ1v) is 6.63. The molecule has 0 saturated heterocycles. The Morgan fingerprint density at radius 2 is 2.20 bits per heavy atom. The number of nitrogens with zero attached hydrogens (tertiary/aromatic N) is 2. The highest BCUT2D eigenvalue weighted by Gasteiger charge is 2.12. The minimum atomic E-state index is 0.0303. The average Bonchev–Trinajstić information content (AvgIpc) is 3.01. The lowest BCUT2D eigenvalue weighted by Crippen LogP contribution is -1.99. The van der Waals surface area contributed by atoms with Crippen molar-refractivity contribution >= 4 is 16.8 Å². The van der Waals surface area contributed by atoms with Crippen molar-refractivity contribution in [3.05, 3.63) is 53.5 Å². The highest BCUT2D eigenvalue weighted by molar-refractivity contribution is 5.97. The number of benzene rings is 1. The summed E-state index contributed by atoms with van der Waals surface area (Å²) >= 11 is 0. The number of hydrogen-bond acceptors (Lipinski definition) is 3. The van der Waals surface area contributed by atoms with Crippen LogP contribution in [-0.4, -0.2) is 15.6 Å². The summed E-state index contributed by atoms with van der Waals surface area (Å²) in [5, 5.41) is 5.07. The Balaban J connectivity index is 1.75. The monoisotopic (exact) mass is 268 g/mol. The summed E-state index contributed by atoms with van der Waals surface area (Å²) in [6.07, 6.45) is 4.83. The van der Waals surface area contributed by atoms with Gasteiger partial charge in [-0.1, -0.05) is 11.6 Å². The lowest BCUT2D eigenvalue weighted by atomic mass is 10.1. The summed E-state index contributed by atoms with van der Waals surface area (Å²) in [5.41, 5.74) is 2.99. The molecule has 0 amide bonds. The van der Waals surface area contributed by atoms with Crippen molar-refractivity contribution in [3.8, 4) is 0 Å². The summed E-state index contributed by atoms with van der Waals surface area (Å²) in [4.78, 5) is 12.2. The van der Waals surface area contributed by atoms with Crippen molar-refractivity contribution in [2.75, 3.05) is 0 Å². The van der Waals surface area contributed by atoms with E-state index >= 15 is 0 Å². The third-order valence-corrected chi connectivity index (χ3v) is 3.35. The smallest absolute Gasteiger partial charge is 0.198 e. The van der Waals surface area contributed by atoms with Gasteiger partial charge in [-0.15, -0.1) is 0 Å². The number of furan rings is 1. The Morgan fingerprint density at radius 3 is 2.95 bits per heavy atom. The summed E-state index contributed by atoms with van der Waals surface area (Å²) in [6.45, 7) is 2.02. The van der Waals surface area contributed by atoms with Gasteiger partial charge in [0, 0.05) is 25.1 Å². The zero-order chi connectivity index (χ0) is 14.1. The van der Waals surface area contributed by atoms with E-state index in [0.717, 1.165) is 22.1 Å². The second-order valence-corrected chi connectivity index (χ2v) is 5.10. The fourth-order valence-corrected chi connectivity index (χ4v) is 2.28. The number of carbonyl (C=O) groups excluding carboxylic acids is 1. The lowest BCUT2D eigenvalue weighted by Gasteiger charge is -1.95. The first kappa shape index (κ1) is 12.7. The number of carbonyl (C=O) groups is 1. The van der Waals surface area contributed by atoms with E-state index < -0.39 is 0 Å². The van der Waals surface area contributed by atoms with Crippen molar-refractivity contribution in [2.24, 2.45) is 7.05 Å². The highest BCUT2D eigenvalue weighted by atomic mass is 16.3. The number of Topliss-reactive ketones (excluding diaryl/α,β-unsaturated/α-hetero) is 1. The van der Waals surface area contributed by atoms with Crippen molar-refractivity contribution < 1.29 is 9.21 Å². The number of rotatable bonds is 4. The molecule has 3 rings (SSSR count). The van der Waals surface area contributed by atoms with Gasteiger partial charge < -0.3 is 4.42 Å². The molecule has 0 spiro atoms. The molecule has 0 saturated carbocycles. The first-order chi connectivity index (χ1) is 9.61. The van der Waals surface area contributed by atoms with E-state index in [9.17, 15) is 4.79 Å². The predicted octanol–water partition coefficient (Wildman–Crippen LogP) is 3.29. The SMILES string of the molecule is Cc1ccc2oc(C(=O)CCc3cnn(C)c3)cc2c1. The molecule has 2 heterocycles. The summed E-state index contributed by atoms with van der Waals surface area (Å²) in [5.74, 6) is 0.470. The first-order valence-electron chi connectivity index (χ1n) is 6.63. The van der Waals surface area contributed by atoms with Crippen molar-refractivity contribution in [2.45, 2.75) is 19.8 Å². The van der Waals surface area contributed by atoms with E-state index in [1.165, 1.54) is 0 Å². The van der Waals surface area contributed by atoms with Crippen LogP contribution in [0.3, 0.4) is 0 Å². The lowest BCUT2D eigenvalue weighted by molar-refractivity contribution is 0.0958. The minimum absolute atomic E-state index is 0.0303. The number of aromatic nitrogens is 2. The van der Waals surface area contributed by atoms with Gasteiger partial charge in [-0.3, -0.25) is 9.48 Å². The molecule has 0 radical (unpaired) electrons. The van der Waals surface area contributed by atoms with Crippen LogP contribution in [0.4, 0.5) is 0 Å². The molecule has 1 aromatic carbocycles. The van der Waals surface area contributed by atoms with E-state index in [2.05, 4.69) is 5.10 Å². The molecular weight excluding hydrogens is 252 g/mol. The predicted molar refractivity (Wildman–Crippen MR) is 76.8 cm³/mol. The van der Waals surface area contributed by atoms with Gasteiger partial charge in [0.05, 0.1) is 6.20 Å². The van der Waals surface area contributed by atoms with Gasteiger partial charge in [-0.05, 0) is 37.1 Å². The zero-order valence-electron chi connectivity index (χ0n) is 11.6. The Kier molecular flexibility index (Phi) is 3.14. The van der Waals surface area contributed by atoms with Gasteiger partial charge in [0.15, 0.2) is 11.5 Å². The maximum absolute atomic E-state index is 12.2. The van der Waals surface area contributed by atoms with Crippen LogP contribution < -0.4 is 0 Å². The normalized spacial score (nSPS) is 11.1. The summed E-state index contributed by atoms with van der Waals surface area (Å²) in [6, 6.07) is 7.74. The van der Waals surface area contributed by atoms with Crippen molar-refractivity contribution in [1.29, 1.82) is 0 Å². The van der Waals surface area contributed by atoms with E-state index in [-0.39, 0.29) is 5.78 Å². The van der Waals surface area contributed by atoms with Crippen LogP contribution in [0, 0.1) is 6.92 Å². The van der Waals surface area contributed by atoms with Crippen molar-refractivity contribution in [1.82, 2.24) is 9.78 Å². The molecule has 0 unspecified atom stereocenters. The quantitative estimate of drug-likeness (QED) is 0.682. The number of ketones is 1. The summed E-state index contributed by atoms with van der Waals surface area (Å²) < 4.78 is 7.35. The van der Waals surface area contributed by atoms with E-state index in [4.69, 9.17) is 4.42 Å². The Hall–Kier alpha value is -2.36. The molecular formula is C16H16N2O2. The standard InChI is InChI=1S/C16H16N2O2/c1-11-3-6-15-13(7-11)8-16(20-15)14(19)5-4-12-9-17-18(2)10-12/h3,6-10H,4-5H2,1-2H3. The van der Waals surface area contributed by atoms with Gasteiger partial charge in [0.2, 0.25) is 0 Å². The van der Waals surface area contributed by atoms with E-state index in [0.29, 0.717) is 18.6 Å². The van der Waals surface area contributed by atoms with Crippen LogP contribution in [0.2, 0.25) is 0 Å². The van der Waals surface area contributed by atoms with Gasteiger partial charge in [0.1, 0.15) is 5.58 Å². The highest BCUT2D eigenvalue weighted by Crippen LogP contribution is 2.22. The molecule has 4 nitrogen and oxygen atoms in total. The minimum Gasteiger partial charge on any atom is -0.453 e. The fraction of sp³-hybridized carbons (Fsp3) is 0.250. The van der Waals surface area contributed by atoms with Gasteiger partial charge >= 0.3 is 0 Å². The summed E-state index contributed by atoms with van der Waals surface area (Å²) in [7, 11) is 1.87. The third-order valence-electron chi connectivity index (χ3n) is 3.35.